The molecule has 1 aliphatic rings. The number of aromatic nitrogens is 2. The molecule has 0 radical (unpaired) electrons. The maximum absolute atomic E-state index is 13.3. The topological polar surface area (TPSA) is 79.8 Å². The van der Waals surface area contributed by atoms with E-state index in [4.69, 9.17) is 9.47 Å². The summed E-state index contributed by atoms with van der Waals surface area (Å²) >= 11 is 0. The number of carbonyl (C=O) groups is 1. The molecule has 3 aromatic rings. The molecule has 4 rings (SSSR count). The fourth-order valence-corrected chi connectivity index (χ4v) is 3.74. The summed E-state index contributed by atoms with van der Waals surface area (Å²) in [5, 5.41) is 2.93. The predicted molar refractivity (Wildman–Crippen MR) is 124 cm³/mol. The summed E-state index contributed by atoms with van der Waals surface area (Å²) in [4.78, 5) is 25.2. The van der Waals surface area contributed by atoms with Crippen molar-refractivity contribution in [3.8, 4) is 17.4 Å². The van der Waals surface area contributed by atoms with Crippen molar-refractivity contribution < 1.29 is 18.7 Å². The van der Waals surface area contributed by atoms with E-state index < -0.39 is 0 Å². The zero-order valence-electron chi connectivity index (χ0n) is 18.8. The van der Waals surface area contributed by atoms with Gasteiger partial charge in [0.05, 0.1) is 7.11 Å². The predicted octanol–water partition coefficient (Wildman–Crippen LogP) is 4.47. The number of nitrogens with one attached hydrogen (secondary N) is 1. The van der Waals surface area contributed by atoms with Crippen LogP contribution < -0.4 is 19.7 Å². The van der Waals surface area contributed by atoms with Gasteiger partial charge in [0, 0.05) is 37.4 Å². The molecule has 0 aliphatic carbocycles. The number of hydrogen-bond acceptors (Lipinski definition) is 6. The number of halogens is 1. The lowest BCUT2D eigenvalue weighted by Crippen LogP contribution is -2.55. The number of benzene rings is 2. The number of amides is 2. The van der Waals surface area contributed by atoms with E-state index in [2.05, 4.69) is 20.2 Å². The van der Waals surface area contributed by atoms with Crippen LogP contribution in [0.2, 0.25) is 0 Å². The van der Waals surface area contributed by atoms with Gasteiger partial charge in [-0.25, -0.2) is 19.2 Å². The highest BCUT2D eigenvalue weighted by atomic mass is 19.1. The van der Waals surface area contributed by atoms with E-state index >= 15 is 0 Å². The zero-order chi connectivity index (χ0) is 23.4. The number of ether oxygens (including phenoxy) is 2. The van der Waals surface area contributed by atoms with Crippen molar-refractivity contribution >= 4 is 17.5 Å². The number of carbonyl (C=O) groups excluding carboxylic acids is 1. The van der Waals surface area contributed by atoms with E-state index in [-0.39, 0.29) is 17.9 Å². The largest absolute Gasteiger partial charge is 0.497 e. The van der Waals surface area contributed by atoms with Crippen LogP contribution >= 0.6 is 0 Å². The van der Waals surface area contributed by atoms with Gasteiger partial charge in [0.15, 0.2) is 0 Å². The van der Waals surface area contributed by atoms with Crippen LogP contribution in [-0.2, 0) is 0 Å². The third kappa shape index (κ3) is 5.31. The van der Waals surface area contributed by atoms with Crippen molar-refractivity contribution in [1.29, 1.82) is 0 Å². The van der Waals surface area contributed by atoms with Crippen molar-refractivity contribution in [3.63, 3.8) is 0 Å². The summed E-state index contributed by atoms with van der Waals surface area (Å²) in [6.07, 6.45) is 1.44. The fraction of sp³-hybridized carbons (Fsp3) is 0.292. The quantitative estimate of drug-likeness (QED) is 0.617. The molecule has 33 heavy (non-hydrogen) atoms. The molecule has 1 atom stereocenters. The Kier molecular flexibility index (Phi) is 6.58. The Morgan fingerprint density at radius 3 is 2.61 bits per heavy atom. The third-order valence-corrected chi connectivity index (χ3v) is 5.53. The molecule has 0 spiro atoms. The molecule has 8 nitrogen and oxygen atoms in total. The second kappa shape index (κ2) is 9.72. The second-order valence-electron chi connectivity index (χ2n) is 7.87. The monoisotopic (exact) mass is 451 g/mol. The molecule has 2 heterocycles. The second-order valence-corrected chi connectivity index (χ2v) is 7.87. The van der Waals surface area contributed by atoms with Crippen LogP contribution in [0.25, 0.3) is 0 Å². The number of rotatable bonds is 5. The average Bonchev–Trinajstić information content (AvgIpc) is 2.81. The lowest BCUT2D eigenvalue weighted by atomic mass is 10.2. The minimum absolute atomic E-state index is 0.0318. The molecule has 172 valence electrons. The van der Waals surface area contributed by atoms with Crippen LogP contribution in [0, 0.1) is 12.7 Å². The zero-order valence-corrected chi connectivity index (χ0v) is 18.8. The van der Waals surface area contributed by atoms with E-state index in [0.717, 1.165) is 5.75 Å². The Bertz CT molecular complexity index is 1130. The van der Waals surface area contributed by atoms with E-state index in [1.807, 2.05) is 19.1 Å². The molecule has 1 fully saturated rings. The number of methoxy groups -OCH3 is 1. The molecule has 2 aromatic carbocycles. The van der Waals surface area contributed by atoms with Gasteiger partial charge in [-0.15, -0.1) is 0 Å². The SMILES string of the molecule is COc1ccc(NC(=O)N2CCN(c3cc(Oc4ccc(F)cc4C)ncn3)CC2C)cc1. The molecule has 2 amide bonds. The molecule has 0 bridgehead atoms. The van der Waals surface area contributed by atoms with Gasteiger partial charge < -0.3 is 24.6 Å². The highest BCUT2D eigenvalue weighted by molar-refractivity contribution is 5.89. The number of urea groups is 1. The minimum atomic E-state index is -0.314. The Balaban J connectivity index is 1.39. The van der Waals surface area contributed by atoms with E-state index in [1.165, 1.54) is 18.5 Å². The Labute approximate surface area is 192 Å². The minimum Gasteiger partial charge on any atom is -0.497 e. The summed E-state index contributed by atoms with van der Waals surface area (Å²) in [7, 11) is 1.60. The molecule has 0 saturated carbocycles. The van der Waals surface area contributed by atoms with Crippen LogP contribution in [0.5, 0.6) is 17.4 Å². The molecule has 1 saturated heterocycles. The van der Waals surface area contributed by atoms with Gasteiger partial charge in [-0.1, -0.05) is 0 Å². The van der Waals surface area contributed by atoms with Gasteiger partial charge in [-0.2, -0.15) is 0 Å². The van der Waals surface area contributed by atoms with E-state index in [0.29, 0.717) is 48.3 Å². The number of nitrogens with zero attached hydrogens (tertiary/aromatic N) is 4. The highest BCUT2D eigenvalue weighted by Crippen LogP contribution is 2.27. The van der Waals surface area contributed by atoms with Crippen LogP contribution in [0.3, 0.4) is 0 Å². The Morgan fingerprint density at radius 1 is 1.12 bits per heavy atom. The third-order valence-electron chi connectivity index (χ3n) is 5.53. The Morgan fingerprint density at radius 2 is 1.91 bits per heavy atom. The standard InChI is InChI=1S/C24H26FN5O3/c1-16-12-18(25)4-9-21(16)33-23-13-22(26-15-27-23)29-10-11-30(17(2)14-29)24(31)28-19-5-7-20(32-3)8-6-19/h4-9,12-13,15,17H,10-11,14H2,1-3H3,(H,28,31). The first-order valence-electron chi connectivity index (χ1n) is 10.7. The lowest BCUT2D eigenvalue weighted by molar-refractivity contribution is 0.184. The fourth-order valence-electron chi connectivity index (χ4n) is 3.74. The number of aryl methyl sites for hydroxylation is 1. The lowest BCUT2D eigenvalue weighted by Gasteiger charge is -2.40. The normalized spacial score (nSPS) is 15.8. The average molecular weight is 452 g/mol. The van der Waals surface area contributed by atoms with Gasteiger partial charge in [0.1, 0.15) is 29.5 Å². The first-order chi connectivity index (χ1) is 15.9. The summed E-state index contributed by atoms with van der Waals surface area (Å²) < 4.78 is 24.3. The maximum Gasteiger partial charge on any atom is 0.322 e. The molecular formula is C24H26FN5O3. The molecular weight excluding hydrogens is 425 g/mol. The summed E-state index contributed by atoms with van der Waals surface area (Å²) in [6.45, 7) is 5.55. The van der Waals surface area contributed by atoms with Crippen LogP contribution in [0.4, 0.5) is 20.7 Å². The first-order valence-corrected chi connectivity index (χ1v) is 10.7. The molecule has 1 unspecified atom stereocenters. The van der Waals surface area contributed by atoms with Gasteiger partial charge in [0.2, 0.25) is 5.88 Å². The number of piperazine rings is 1. The van der Waals surface area contributed by atoms with Gasteiger partial charge in [-0.05, 0) is 61.9 Å². The number of hydrogen-bond donors (Lipinski definition) is 1. The smallest absolute Gasteiger partial charge is 0.322 e. The summed E-state index contributed by atoms with van der Waals surface area (Å²) in [5.41, 5.74) is 1.39. The highest BCUT2D eigenvalue weighted by Gasteiger charge is 2.28. The van der Waals surface area contributed by atoms with Gasteiger partial charge in [0.25, 0.3) is 0 Å². The molecule has 1 aromatic heterocycles. The van der Waals surface area contributed by atoms with Crippen LogP contribution in [-0.4, -0.2) is 53.7 Å². The van der Waals surface area contributed by atoms with Gasteiger partial charge in [-0.3, -0.25) is 0 Å². The van der Waals surface area contributed by atoms with Crippen molar-refractivity contribution in [3.05, 3.63) is 66.2 Å². The summed E-state index contributed by atoms with van der Waals surface area (Å²) in [6, 6.07) is 13.1. The first kappa shape index (κ1) is 22.3. The van der Waals surface area contributed by atoms with Gasteiger partial charge >= 0.3 is 6.03 Å². The molecule has 1 aliphatic heterocycles. The maximum atomic E-state index is 13.3. The van der Waals surface area contributed by atoms with Crippen LogP contribution in [0.1, 0.15) is 12.5 Å². The van der Waals surface area contributed by atoms with Crippen molar-refractivity contribution in [2.75, 3.05) is 37.0 Å². The van der Waals surface area contributed by atoms with E-state index in [9.17, 15) is 9.18 Å². The van der Waals surface area contributed by atoms with Crippen molar-refractivity contribution in [2.45, 2.75) is 19.9 Å². The summed E-state index contributed by atoms with van der Waals surface area (Å²) in [5.74, 6) is 2.04. The van der Waals surface area contributed by atoms with Crippen molar-refractivity contribution in [1.82, 2.24) is 14.9 Å². The number of anilines is 2. The van der Waals surface area contributed by atoms with E-state index in [1.54, 1.807) is 43.2 Å². The van der Waals surface area contributed by atoms with Crippen molar-refractivity contribution in [2.24, 2.45) is 0 Å². The molecule has 1 N–H and O–H groups in total. The molecule has 9 heteroatoms. The van der Waals surface area contributed by atoms with Crippen LogP contribution in [0.15, 0.2) is 54.9 Å². The Hall–Kier alpha value is -3.88.